The van der Waals surface area contributed by atoms with E-state index in [1.54, 1.807) is 6.92 Å². The topological polar surface area (TPSA) is 139 Å². The molecular weight excluding hydrogens is 510 g/mol. The van der Waals surface area contributed by atoms with Gasteiger partial charge in [0.05, 0.1) is 12.1 Å². The number of carbonyl (C=O) groups is 3. The third kappa shape index (κ3) is 4.65. The van der Waals surface area contributed by atoms with Crippen LogP contribution in [-0.4, -0.2) is 50.0 Å². The van der Waals surface area contributed by atoms with Gasteiger partial charge in [0.2, 0.25) is 23.5 Å². The summed E-state index contributed by atoms with van der Waals surface area (Å²) < 4.78 is 0. The van der Waals surface area contributed by atoms with Crippen molar-refractivity contribution in [3.63, 3.8) is 0 Å². The number of benzene rings is 2. The lowest BCUT2D eigenvalue weighted by Gasteiger charge is -2.36. The molecule has 1 unspecified atom stereocenters. The number of aryl methyl sites for hydroxylation is 1. The minimum atomic E-state index is -1.01. The SMILES string of the molecule is CC[C@@H](C)C(=O)N[C@H]1Cc2cc(O)c(O)c(O)c2[C@H]2CC(C)(C)C(C(=O)N[C@@H]3CCCc4ccccc43)N2C1=O. The molecule has 2 heterocycles. The number of fused-ring (bicyclic) bond motifs is 4. The largest absolute Gasteiger partial charge is 0.504 e. The minimum absolute atomic E-state index is 0.00943. The van der Waals surface area contributed by atoms with E-state index >= 15 is 0 Å². The molecule has 3 aliphatic rings. The summed E-state index contributed by atoms with van der Waals surface area (Å²) in [6.45, 7) is 7.49. The van der Waals surface area contributed by atoms with E-state index < -0.39 is 46.7 Å². The number of amides is 3. The summed E-state index contributed by atoms with van der Waals surface area (Å²) in [5.74, 6) is -3.01. The molecule has 5 rings (SSSR count). The molecule has 1 aliphatic carbocycles. The molecule has 5 atom stereocenters. The zero-order valence-corrected chi connectivity index (χ0v) is 23.5. The molecule has 9 heteroatoms. The molecule has 9 nitrogen and oxygen atoms in total. The molecule has 3 amide bonds. The van der Waals surface area contributed by atoms with Gasteiger partial charge in [-0.2, -0.15) is 0 Å². The Morgan fingerprint density at radius 2 is 1.80 bits per heavy atom. The van der Waals surface area contributed by atoms with Crippen LogP contribution in [0, 0.1) is 11.3 Å². The van der Waals surface area contributed by atoms with Crippen LogP contribution in [0.15, 0.2) is 30.3 Å². The van der Waals surface area contributed by atoms with Gasteiger partial charge in [-0.3, -0.25) is 14.4 Å². The van der Waals surface area contributed by atoms with E-state index in [9.17, 15) is 29.7 Å². The first-order chi connectivity index (χ1) is 18.9. The third-order valence-electron chi connectivity index (χ3n) is 9.07. The summed E-state index contributed by atoms with van der Waals surface area (Å²) in [4.78, 5) is 42.8. The molecule has 2 aromatic rings. The Morgan fingerprint density at radius 1 is 1.07 bits per heavy atom. The van der Waals surface area contributed by atoms with Crippen molar-refractivity contribution in [3.8, 4) is 17.2 Å². The van der Waals surface area contributed by atoms with Gasteiger partial charge in [0.1, 0.15) is 12.1 Å². The fraction of sp³-hybridized carbons (Fsp3) is 0.516. The molecule has 40 heavy (non-hydrogen) atoms. The summed E-state index contributed by atoms with van der Waals surface area (Å²) in [6.07, 6.45) is 3.62. The number of nitrogens with one attached hydrogen (secondary N) is 2. The smallest absolute Gasteiger partial charge is 0.246 e. The van der Waals surface area contributed by atoms with Crippen LogP contribution in [-0.2, 0) is 27.2 Å². The quantitative estimate of drug-likeness (QED) is 0.360. The highest BCUT2D eigenvalue weighted by Gasteiger charge is 2.56. The van der Waals surface area contributed by atoms with Crippen LogP contribution in [0.25, 0.3) is 0 Å². The molecular formula is C31H39N3O6. The number of phenolic OH excluding ortho intramolecular Hbond substituents is 3. The molecule has 0 spiro atoms. The second-order valence-corrected chi connectivity index (χ2v) is 12.2. The molecule has 2 aliphatic heterocycles. The van der Waals surface area contributed by atoms with E-state index in [2.05, 4.69) is 16.7 Å². The van der Waals surface area contributed by atoms with Gasteiger partial charge < -0.3 is 30.9 Å². The van der Waals surface area contributed by atoms with Crippen molar-refractivity contribution in [1.82, 2.24) is 15.5 Å². The average molecular weight is 550 g/mol. The molecule has 0 saturated carbocycles. The number of phenols is 3. The van der Waals surface area contributed by atoms with E-state index in [4.69, 9.17) is 0 Å². The Balaban J connectivity index is 1.56. The van der Waals surface area contributed by atoms with E-state index in [1.165, 1.54) is 16.5 Å². The molecule has 0 radical (unpaired) electrons. The Labute approximate surface area is 234 Å². The first-order valence-corrected chi connectivity index (χ1v) is 14.2. The Bertz CT molecular complexity index is 1350. The number of hydrogen-bond donors (Lipinski definition) is 5. The number of aromatic hydroxyl groups is 3. The van der Waals surface area contributed by atoms with Gasteiger partial charge >= 0.3 is 0 Å². The van der Waals surface area contributed by atoms with Gasteiger partial charge in [-0.05, 0) is 60.3 Å². The fourth-order valence-corrected chi connectivity index (χ4v) is 6.77. The van der Waals surface area contributed by atoms with Gasteiger partial charge in [0.15, 0.2) is 11.5 Å². The minimum Gasteiger partial charge on any atom is -0.504 e. The normalized spacial score (nSPS) is 25.7. The van der Waals surface area contributed by atoms with Crippen molar-refractivity contribution in [2.45, 2.75) is 90.4 Å². The highest BCUT2D eigenvalue weighted by Crippen LogP contribution is 2.54. The molecule has 5 N–H and O–H groups in total. The zero-order valence-electron chi connectivity index (χ0n) is 23.5. The molecule has 2 aromatic carbocycles. The van der Waals surface area contributed by atoms with Gasteiger partial charge in [0, 0.05) is 17.9 Å². The maximum absolute atomic E-state index is 14.2. The summed E-state index contributed by atoms with van der Waals surface area (Å²) >= 11 is 0. The maximum Gasteiger partial charge on any atom is 0.246 e. The van der Waals surface area contributed by atoms with Gasteiger partial charge in [-0.25, -0.2) is 0 Å². The van der Waals surface area contributed by atoms with E-state index in [0.29, 0.717) is 24.0 Å². The van der Waals surface area contributed by atoms with Gasteiger partial charge in [0.25, 0.3) is 0 Å². The highest BCUT2D eigenvalue weighted by molar-refractivity contribution is 5.95. The Morgan fingerprint density at radius 3 is 2.52 bits per heavy atom. The number of nitrogens with zero attached hydrogens (tertiary/aromatic N) is 1. The van der Waals surface area contributed by atoms with E-state index in [1.807, 2.05) is 39.0 Å². The lowest BCUT2D eigenvalue weighted by atomic mass is 9.80. The first-order valence-electron chi connectivity index (χ1n) is 14.2. The number of hydrogen-bond acceptors (Lipinski definition) is 6. The number of rotatable bonds is 5. The molecule has 0 bridgehead atoms. The monoisotopic (exact) mass is 549 g/mol. The summed E-state index contributed by atoms with van der Waals surface area (Å²) in [7, 11) is 0. The van der Waals surface area contributed by atoms with Gasteiger partial charge in [-0.1, -0.05) is 52.0 Å². The summed E-state index contributed by atoms with van der Waals surface area (Å²) in [6, 6.07) is 6.59. The standard InChI is InChI=1S/C31H39N3O6/c1-5-16(2)28(38)33-21-13-18-14-23(35)25(36)26(37)24(18)22-15-31(3,4)27(34(22)30(21)40)29(39)32-20-12-8-10-17-9-6-7-11-19(17)20/h6-7,9,11,14,16,20-22,27,35-37H,5,8,10,12-13,15H2,1-4H3,(H,32,39)(H,33,38)/t16-,20-,21+,22-,27?/m1/s1. The average Bonchev–Trinajstić information content (AvgIpc) is 3.15. The molecule has 1 saturated heterocycles. The lowest BCUT2D eigenvalue weighted by molar-refractivity contribution is -0.145. The van der Waals surface area contributed by atoms with Gasteiger partial charge in [-0.15, -0.1) is 0 Å². The van der Waals surface area contributed by atoms with Crippen LogP contribution < -0.4 is 10.6 Å². The molecule has 0 aromatic heterocycles. The predicted octanol–water partition coefficient (Wildman–Crippen LogP) is 3.75. The van der Waals surface area contributed by atoms with Crippen LogP contribution in [0.4, 0.5) is 0 Å². The Kier molecular flexibility index (Phi) is 7.18. The zero-order chi connectivity index (χ0) is 28.9. The molecule has 1 fully saturated rings. The van der Waals surface area contributed by atoms with Crippen LogP contribution in [0.2, 0.25) is 0 Å². The second kappa shape index (κ2) is 10.3. The summed E-state index contributed by atoms with van der Waals surface area (Å²) in [5.41, 5.74) is 2.34. The van der Waals surface area contributed by atoms with Crippen molar-refractivity contribution in [1.29, 1.82) is 0 Å². The van der Waals surface area contributed by atoms with Crippen LogP contribution in [0.3, 0.4) is 0 Å². The van der Waals surface area contributed by atoms with Crippen molar-refractivity contribution in [3.05, 3.63) is 52.6 Å². The van der Waals surface area contributed by atoms with Crippen molar-refractivity contribution < 1.29 is 29.7 Å². The Hall–Kier alpha value is -3.75. The maximum atomic E-state index is 14.2. The highest BCUT2D eigenvalue weighted by atomic mass is 16.3. The summed E-state index contributed by atoms with van der Waals surface area (Å²) in [5, 5.41) is 37.8. The van der Waals surface area contributed by atoms with Crippen LogP contribution in [0.5, 0.6) is 17.2 Å². The number of carbonyl (C=O) groups excluding carboxylic acids is 3. The van der Waals surface area contributed by atoms with Crippen LogP contribution >= 0.6 is 0 Å². The van der Waals surface area contributed by atoms with Crippen LogP contribution in [0.1, 0.15) is 87.7 Å². The van der Waals surface area contributed by atoms with Crippen molar-refractivity contribution >= 4 is 17.7 Å². The van der Waals surface area contributed by atoms with Crippen molar-refractivity contribution in [2.75, 3.05) is 0 Å². The molecule has 214 valence electrons. The van der Waals surface area contributed by atoms with Crippen molar-refractivity contribution in [2.24, 2.45) is 11.3 Å². The lowest BCUT2D eigenvalue weighted by Crippen LogP contribution is -2.57. The second-order valence-electron chi connectivity index (χ2n) is 12.2. The predicted molar refractivity (Wildman–Crippen MR) is 149 cm³/mol. The first kappa shape index (κ1) is 27.8. The fourth-order valence-electron chi connectivity index (χ4n) is 6.77. The third-order valence-corrected chi connectivity index (χ3v) is 9.07. The van der Waals surface area contributed by atoms with E-state index in [0.717, 1.165) is 24.8 Å². The van der Waals surface area contributed by atoms with E-state index in [-0.39, 0.29) is 30.2 Å².